The maximum atomic E-state index is 4.02. The molecule has 0 amide bonds. The van der Waals surface area contributed by atoms with E-state index in [-0.39, 0.29) is 24.0 Å². The summed E-state index contributed by atoms with van der Waals surface area (Å²) in [6.45, 7) is 0. The first-order chi connectivity index (χ1) is 7.84. The third-order valence-electron chi connectivity index (χ3n) is 2.57. The summed E-state index contributed by atoms with van der Waals surface area (Å²) in [7, 11) is 0. The molecule has 0 saturated heterocycles. The maximum absolute atomic E-state index is 4.02. The summed E-state index contributed by atoms with van der Waals surface area (Å²) in [5, 5.41) is 0. The van der Waals surface area contributed by atoms with Crippen molar-refractivity contribution in [3.05, 3.63) is 64.4 Å². The molecular formula is C14H15BrIN. The summed E-state index contributed by atoms with van der Waals surface area (Å²) < 4.78 is 1.16. The lowest BCUT2D eigenvalue weighted by Gasteiger charge is -2.02. The number of aryl methyl sites for hydroxylation is 2. The van der Waals surface area contributed by atoms with Crippen LogP contribution in [0.5, 0.6) is 0 Å². The second-order valence-corrected chi connectivity index (χ2v) is 4.75. The van der Waals surface area contributed by atoms with Gasteiger partial charge in [-0.25, -0.2) is 0 Å². The van der Waals surface area contributed by atoms with E-state index in [1.165, 1.54) is 17.5 Å². The van der Waals surface area contributed by atoms with E-state index in [1.54, 1.807) is 0 Å². The molecule has 90 valence electrons. The Labute approximate surface area is 128 Å². The van der Waals surface area contributed by atoms with E-state index in [2.05, 4.69) is 57.3 Å². The van der Waals surface area contributed by atoms with Gasteiger partial charge in [-0.1, -0.05) is 28.1 Å². The van der Waals surface area contributed by atoms with Crippen molar-refractivity contribution in [1.82, 2.24) is 4.98 Å². The molecule has 0 radical (unpaired) electrons. The van der Waals surface area contributed by atoms with Gasteiger partial charge in [-0.2, -0.15) is 0 Å². The van der Waals surface area contributed by atoms with Crippen LogP contribution in [0.15, 0.2) is 53.3 Å². The summed E-state index contributed by atoms with van der Waals surface area (Å²) >= 11 is 3.49. The minimum absolute atomic E-state index is 0. The molecule has 0 spiro atoms. The molecule has 0 N–H and O–H groups in total. The van der Waals surface area contributed by atoms with Crippen LogP contribution < -0.4 is 0 Å². The van der Waals surface area contributed by atoms with Crippen molar-refractivity contribution in [3.8, 4) is 0 Å². The normalized spacial score (nSPS) is 9.71. The Balaban J connectivity index is 0.00000144. The summed E-state index contributed by atoms with van der Waals surface area (Å²) in [6.07, 6.45) is 7.14. The summed E-state index contributed by atoms with van der Waals surface area (Å²) in [5.41, 5.74) is 2.76. The standard InChI is InChI=1S/C14H14BrN.HI/c15-14-6-2-5-13(11-14)4-1-3-12-7-9-16-10-8-12;/h2,5-11H,1,3-4H2;1H. The van der Waals surface area contributed by atoms with Gasteiger partial charge < -0.3 is 0 Å². The first kappa shape index (κ1) is 14.6. The number of hydrogen-bond acceptors (Lipinski definition) is 1. The van der Waals surface area contributed by atoms with Crippen molar-refractivity contribution < 1.29 is 0 Å². The predicted octanol–water partition coefficient (Wildman–Crippen LogP) is 4.64. The molecular weight excluding hydrogens is 389 g/mol. The fourth-order valence-corrected chi connectivity index (χ4v) is 2.19. The van der Waals surface area contributed by atoms with Gasteiger partial charge in [0.25, 0.3) is 0 Å². The topological polar surface area (TPSA) is 12.9 Å². The molecule has 1 nitrogen and oxygen atoms in total. The van der Waals surface area contributed by atoms with Gasteiger partial charge in [-0.15, -0.1) is 24.0 Å². The highest BCUT2D eigenvalue weighted by molar-refractivity contribution is 14.0. The van der Waals surface area contributed by atoms with Crippen molar-refractivity contribution in [1.29, 1.82) is 0 Å². The monoisotopic (exact) mass is 403 g/mol. The third kappa shape index (κ3) is 5.17. The summed E-state index contributed by atoms with van der Waals surface area (Å²) in [5.74, 6) is 0. The van der Waals surface area contributed by atoms with E-state index in [4.69, 9.17) is 0 Å². The van der Waals surface area contributed by atoms with E-state index in [0.29, 0.717) is 0 Å². The van der Waals surface area contributed by atoms with Gasteiger partial charge in [0.05, 0.1) is 0 Å². The molecule has 0 bridgehead atoms. The summed E-state index contributed by atoms with van der Waals surface area (Å²) in [4.78, 5) is 4.02. The third-order valence-corrected chi connectivity index (χ3v) is 3.06. The van der Waals surface area contributed by atoms with Crippen LogP contribution in [-0.2, 0) is 12.8 Å². The molecule has 1 heterocycles. The lowest BCUT2D eigenvalue weighted by Crippen LogP contribution is -1.90. The highest BCUT2D eigenvalue weighted by Crippen LogP contribution is 2.14. The van der Waals surface area contributed by atoms with Gasteiger partial charge in [0.1, 0.15) is 0 Å². The average Bonchev–Trinajstić information content (AvgIpc) is 2.30. The zero-order chi connectivity index (χ0) is 11.2. The van der Waals surface area contributed by atoms with Crippen LogP contribution in [-0.4, -0.2) is 4.98 Å². The van der Waals surface area contributed by atoms with Crippen molar-refractivity contribution in [2.45, 2.75) is 19.3 Å². The van der Waals surface area contributed by atoms with Crippen LogP contribution in [0.25, 0.3) is 0 Å². The zero-order valence-corrected chi connectivity index (χ0v) is 13.4. The van der Waals surface area contributed by atoms with Crippen molar-refractivity contribution >= 4 is 39.9 Å². The van der Waals surface area contributed by atoms with E-state index in [1.807, 2.05) is 12.4 Å². The van der Waals surface area contributed by atoms with Crippen molar-refractivity contribution in [2.24, 2.45) is 0 Å². The molecule has 17 heavy (non-hydrogen) atoms. The fraction of sp³-hybridized carbons (Fsp3) is 0.214. The van der Waals surface area contributed by atoms with Gasteiger partial charge in [0.2, 0.25) is 0 Å². The number of rotatable bonds is 4. The quantitative estimate of drug-likeness (QED) is 0.677. The molecule has 0 saturated carbocycles. The smallest absolute Gasteiger partial charge is 0.0270 e. The Morgan fingerprint density at radius 3 is 2.35 bits per heavy atom. The maximum Gasteiger partial charge on any atom is 0.0270 e. The van der Waals surface area contributed by atoms with Gasteiger partial charge in [-0.3, -0.25) is 4.98 Å². The van der Waals surface area contributed by atoms with E-state index in [9.17, 15) is 0 Å². The SMILES string of the molecule is Brc1cccc(CCCc2ccncc2)c1.I. The molecule has 0 fully saturated rings. The van der Waals surface area contributed by atoms with Crippen molar-refractivity contribution in [3.63, 3.8) is 0 Å². The van der Waals surface area contributed by atoms with Crippen LogP contribution >= 0.6 is 39.9 Å². The van der Waals surface area contributed by atoms with Gasteiger partial charge >= 0.3 is 0 Å². The Morgan fingerprint density at radius 1 is 0.941 bits per heavy atom. The minimum Gasteiger partial charge on any atom is -0.265 e. The Kier molecular flexibility index (Phi) is 6.73. The van der Waals surface area contributed by atoms with E-state index >= 15 is 0 Å². The van der Waals surface area contributed by atoms with Crippen molar-refractivity contribution in [2.75, 3.05) is 0 Å². The van der Waals surface area contributed by atoms with Crippen LogP contribution in [0.2, 0.25) is 0 Å². The predicted molar refractivity (Wildman–Crippen MR) is 85.8 cm³/mol. The summed E-state index contributed by atoms with van der Waals surface area (Å²) in [6, 6.07) is 12.7. The second kappa shape index (κ2) is 7.82. The van der Waals surface area contributed by atoms with Gasteiger partial charge in [0.15, 0.2) is 0 Å². The molecule has 0 atom stereocenters. The molecule has 0 aliphatic carbocycles. The minimum atomic E-state index is 0. The number of aromatic nitrogens is 1. The number of benzene rings is 1. The zero-order valence-electron chi connectivity index (χ0n) is 9.47. The first-order valence-electron chi connectivity index (χ1n) is 5.48. The van der Waals surface area contributed by atoms with Crippen LogP contribution in [0, 0.1) is 0 Å². The Morgan fingerprint density at radius 2 is 1.65 bits per heavy atom. The molecule has 3 heteroatoms. The molecule has 2 aromatic rings. The number of hydrogen-bond donors (Lipinski definition) is 0. The van der Waals surface area contributed by atoms with Crippen LogP contribution in [0.4, 0.5) is 0 Å². The molecule has 0 unspecified atom stereocenters. The van der Waals surface area contributed by atoms with E-state index in [0.717, 1.165) is 17.3 Å². The molecule has 1 aromatic carbocycles. The van der Waals surface area contributed by atoms with Crippen LogP contribution in [0.1, 0.15) is 17.5 Å². The lowest BCUT2D eigenvalue weighted by molar-refractivity contribution is 0.819. The number of pyridine rings is 1. The molecule has 0 aliphatic heterocycles. The molecule has 2 rings (SSSR count). The van der Waals surface area contributed by atoms with Gasteiger partial charge in [-0.05, 0) is 54.7 Å². The first-order valence-corrected chi connectivity index (χ1v) is 6.27. The molecule has 1 aromatic heterocycles. The molecule has 0 aliphatic rings. The Bertz CT molecular complexity index is 445. The second-order valence-electron chi connectivity index (χ2n) is 3.84. The van der Waals surface area contributed by atoms with Gasteiger partial charge in [0, 0.05) is 16.9 Å². The number of halogens is 2. The lowest BCUT2D eigenvalue weighted by atomic mass is 10.1. The fourth-order valence-electron chi connectivity index (χ4n) is 1.74. The average molecular weight is 404 g/mol. The highest BCUT2D eigenvalue weighted by atomic mass is 127. The Hall–Kier alpha value is -0.420. The highest BCUT2D eigenvalue weighted by Gasteiger charge is 1.96. The number of nitrogens with zero attached hydrogens (tertiary/aromatic N) is 1. The van der Waals surface area contributed by atoms with E-state index < -0.39 is 0 Å². The van der Waals surface area contributed by atoms with Crippen LogP contribution in [0.3, 0.4) is 0 Å². The largest absolute Gasteiger partial charge is 0.265 e.